The number of ether oxygens (including phenoxy) is 2. The summed E-state index contributed by atoms with van der Waals surface area (Å²) in [4.78, 5) is 6.45. The first-order chi connectivity index (χ1) is 10.8. The van der Waals surface area contributed by atoms with Crippen LogP contribution in [0.3, 0.4) is 0 Å². The molecule has 0 saturated heterocycles. The number of nitrogens with zero attached hydrogens (tertiary/aromatic N) is 2. The van der Waals surface area contributed by atoms with E-state index in [2.05, 4.69) is 48.5 Å². The molecule has 0 unspecified atom stereocenters. The maximum absolute atomic E-state index is 5.41. The number of likely N-dealkylation sites (N-methyl/N-ethyl adjacent to an activating group) is 1. The van der Waals surface area contributed by atoms with Crippen LogP contribution in [0, 0.1) is 0 Å². The largest absolute Gasteiger partial charge is 0.497 e. The van der Waals surface area contributed by atoms with Gasteiger partial charge in [0.1, 0.15) is 11.5 Å². The van der Waals surface area contributed by atoms with Crippen molar-refractivity contribution in [2.24, 2.45) is 4.99 Å². The second-order valence-corrected chi connectivity index (χ2v) is 6.16. The number of guanidine groups is 1. The molecule has 24 heavy (non-hydrogen) atoms. The van der Waals surface area contributed by atoms with Crippen molar-refractivity contribution in [1.82, 2.24) is 15.5 Å². The Hall–Kier alpha value is -1.22. The van der Waals surface area contributed by atoms with Gasteiger partial charge in [0, 0.05) is 37.3 Å². The zero-order valence-electron chi connectivity index (χ0n) is 15.8. The molecule has 7 heteroatoms. The molecule has 0 amide bonds. The summed E-state index contributed by atoms with van der Waals surface area (Å²) in [6.07, 6.45) is 0. The lowest BCUT2D eigenvalue weighted by Crippen LogP contribution is -2.50. The summed E-state index contributed by atoms with van der Waals surface area (Å²) >= 11 is 0. The van der Waals surface area contributed by atoms with Crippen LogP contribution in [0.15, 0.2) is 23.2 Å². The lowest BCUT2D eigenvalue weighted by molar-refractivity contribution is 0.197. The number of aliphatic imine (C=N–C) groups is 1. The molecule has 0 heterocycles. The monoisotopic (exact) mass is 450 g/mol. The van der Waals surface area contributed by atoms with Crippen LogP contribution in [0.25, 0.3) is 0 Å². The van der Waals surface area contributed by atoms with Crippen LogP contribution in [0.5, 0.6) is 11.5 Å². The smallest absolute Gasteiger partial charge is 0.191 e. The fourth-order valence-corrected chi connectivity index (χ4v) is 1.86. The maximum Gasteiger partial charge on any atom is 0.191 e. The number of rotatable bonds is 7. The van der Waals surface area contributed by atoms with Crippen LogP contribution in [-0.4, -0.2) is 58.3 Å². The highest BCUT2D eigenvalue weighted by atomic mass is 127. The van der Waals surface area contributed by atoms with Gasteiger partial charge < -0.3 is 25.0 Å². The number of hydrogen-bond donors (Lipinski definition) is 2. The van der Waals surface area contributed by atoms with E-state index in [9.17, 15) is 0 Å². The Labute approximate surface area is 163 Å². The molecule has 0 bridgehead atoms. The van der Waals surface area contributed by atoms with Crippen LogP contribution in [0.1, 0.15) is 19.4 Å². The van der Waals surface area contributed by atoms with E-state index in [0.717, 1.165) is 29.6 Å². The highest BCUT2D eigenvalue weighted by Gasteiger charge is 2.20. The predicted molar refractivity (Wildman–Crippen MR) is 111 cm³/mol. The van der Waals surface area contributed by atoms with E-state index >= 15 is 0 Å². The van der Waals surface area contributed by atoms with Gasteiger partial charge in [-0.05, 0) is 40.1 Å². The molecule has 2 N–H and O–H groups in total. The van der Waals surface area contributed by atoms with E-state index < -0.39 is 0 Å². The SMILES string of the molecule is CN=C(NCc1ccc(OC)cc1OC)NCC(C)(C)N(C)C.I. The van der Waals surface area contributed by atoms with Crippen LogP contribution >= 0.6 is 24.0 Å². The van der Waals surface area contributed by atoms with Gasteiger partial charge in [-0.1, -0.05) is 0 Å². The minimum absolute atomic E-state index is 0. The van der Waals surface area contributed by atoms with Gasteiger partial charge in [0.2, 0.25) is 0 Å². The Morgan fingerprint density at radius 3 is 2.33 bits per heavy atom. The number of halogens is 1. The Morgan fingerprint density at radius 2 is 1.83 bits per heavy atom. The zero-order valence-corrected chi connectivity index (χ0v) is 18.1. The van der Waals surface area contributed by atoms with Crippen molar-refractivity contribution < 1.29 is 9.47 Å². The molecule has 0 saturated carbocycles. The maximum atomic E-state index is 5.41. The van der Waals surface area contributed by atoms with Gasteiger partial charge in [-0.2, -0.15) is 0 Å². The van der Waals surface area contributed by atoms with E-state index in [1.165, 1.54) is 0 Å². The third-order valence-electron chi connectivity index (χ3n) is 4.06. The quantitative estimate of drug-likeness (QED) is 0.380. The molecule has 0 atom stereocenters. The average Bonchev–Trinajstić information content (AvgIpc) is 2.54. The summed E-state index contributed by atoms with van der Waals surface area (Å²) in [5, 5.41) is 6.66. The number of hydrogen-bond acceptors (Lipinski definition) is 4. The van der Waals surface area contributed by atoms with Crippen molar-refractivity contribution in [3.63, 3.8) is 0 Å². The van der Waals surface area contributed by atoms with Gasteiger partial charge in [0.15, 0.2) is 5.96 Å². The fourth-order valence-electron chi connectivity index (χ4n) is 1.86. The molecular weight excluding hydrogens is 419 g/mol. The minimum atomic E-state index is 0. The predicted octanol–water partition coefficient (Wildman–Crippen LogP) is 2.33. The van der Waals surface area contributed by atoms with Crippen LogP contribution in [0.4, 0.5) is 0 Å². The molecule has 0 aromatic heterocycles. The summed E-state index contributed by atoms with van der Waals surface area (Å²) in [6, 6.07) is 5.79. The molecule has 0 fully saturated rings. The third kappa shape index (κ3) is 6.72. The molecule has 0 aliphatic heterocycles. The Kier molecular flexibility index (Phi) is 10.1. The van der Waals surface area contributed by atoms with E-state index in [-0.39, 0.29) is 29.5 Å². The molecule has 0 aliphatic carbocycles. The topological polar surface area (TPSA) is 58.1 Å². The van der Waals surface area contributed by atoms with Crippen molar-refractivity contribution in [3.8, 4) is 11.5 Å². The van der Waals surface area contributed by atoms with E-state index in [4.69, 9.17) is 9.47 Å². The third-order valence-corrected chi connectivity index (χ3v) is 4.06. The van der Waals surface area contributed by atoms with Gasteiger partial charge in [0.25, 0.3) is 0 Å². The van der Waals surface area contributed by atoms with Gasteiger partial charge in [-0.25, -0.2) is 0 Å². The van der Waals surface area contributed by atoms with Crippen molar-refractivity contribution in [3.05, 3.63) is 23.8 Å². The van der Waals surface area contributed by atoms with E-state index in [0.29, 0.717) is 6.54 Å². The molecule has 0 spiro atoms. The van der Waals surface area contributed by atoms with Gasteiger partial charge >= 0.3 is 0 Å². The van der Waals surface area contributed by atoms with Gasteiger partial charge in [-0.3, -0.25) is 4.99 Å². The van der Waals surface area contributed by atoms with E-state index in [1.807, 2.05) is 18.2 Å². The Morgan fingerprint density at radius 1 is 1.17 bits per heavy atom. The normalized spacial score (nSPS) is 11.8. The molecule has 1 aromatic rings. The molecule has 138 valence electrons. The van der Waals surface area contributed by atoms with Gasteiger partial charge in [0.05, 0.1) is 14.2 Å². The summed E-state index contributed by atoms with van der Waals surface area (Å²) in [6.45, 7) is 5.77. The molecule has 6 nitrogen and oxygen atoms in total. The summed E-state index contributed by atoms with van der Waals surface area (Å²) in [5.41, 5.74) is 1.08. The van der Waals surface area contributed by atoms with Crippen LogP contribution in [0.2, 0.25) is 0 Å². The number of methoxy groups -OCH3 is 2. The highest BCUT2D eigenvalue weighted by molar-refractivity contribution is 14.0. The fraction of sp³-hybridized carbons (Fsp3) is 0.588. The standard InChI is InChI=1S/C17H30N4O2.HI/c1-17(2,21(4)5)12-20-16(18-3)19-11-13-8-9-14(22-6)10-15(13)23-7;/h8-10H,11-12H2,1-7H3,(H2,18,19,20);1H. The first-order valence-electron chi connectivity index (χ1n) is 7.67. The Bertz CT molecular complexity index is 533. The Balaban J connectivity index is 0.00000529. The summed E-state index contributed by atoms with van der Waals surface area (Å²) in [5.74, 6) is 2.33. The molecule has 1 rings (SSSR count). The summed E-state index contributed by atoms with van der Waals surface area (Å²) < 4.78 is 10.6. The lowest BCUT2D eigenvalue weighted by Gasteiger charge is -2.33. The first-order valence-corrected chi connectivity index (χ1v) is 7.67. The molecule has 1 aromatic carbocycles. The minimum Gasteiger partial charge on any atom is -0.497 e. The van der Waals surface area contributed by atoms with Crippen LogP contribution in [-0.2, 0) is 6.54 Å². The molecule has 0 radical (unpaired) electrons. The second-order valence-electron chi connectivity index (χ2n) is 6.16. The lowest BCUT2D eigenvalue weighted by atomic mass is 10.0. The van der Waals surface area contributed by atoms with Crippen LogP contribution < -0.4 is 20.1 Å². The molecular formula is C17H31IN4O2. The number of nitrogens with one attached hydrogen (secondary N) is 2. The zero-order chi connectivity index (χ0) is 17.5. The van der Waals surface area contributed by atoms with E-state index in [1.54, 1.807) is 21.3 Å². The second kappa shape index (κ2) is 10.6. The van der Waals surface area contributed by atoms with Crippen molar-refractivity contribution in [2.45, 2.75) is 25.9 Å². The highest BCUT2D eigenvalue weighted by Crippen LogP contribution is 2.24. The van der Waals surface area contributed by atoms with Crippen molar-refractivity contribution in [1.29, 1.82) is 0 Å². The van der Waals surface area contributed by atoms with Gasteiger partial charge in [-0.15, -0.1) is 24.0 Å². The first kappa shape index (κ1) is 22.8. The van der Waals surface area contributed by atoms with Crippen molar-refractivity contribution >= 4 is 29.9 Å². The van der Waals surface area contributed by atoms with Crippen molar-refractivity contribution in [2.75, 3.05) is 41.9 Å². The number of benzene rings is 1. The summed E-state index contributed by atoms with van der Waals surface area (Å²) in [7, 11) is 9.21. The molecule has 0 aliphatic rings. The average molecular weight is 450 g/mol.